The first-order valence-corrected chi connectivity index (χ1v) is 14.8. The van der Waals surface area contributed by atoms with Gasteiger partial charge in [0, 0.05) is 13.0 Å². The van der Waals surface area contributed by atoms with Crippen LogP contribution in [0.2, 0.25) is 0 Å². The van der Waals surface area contributed by atoms with E-state index >= 15 is 0 Å². The fraction of sp³-hybridized carbons (Fsp3) is 0.806. The molecule has 1 rings (SSSR count). The Labute approximate surface area is 228 Å². The largest absolute Gasteiger partial charge is 0.453 e. The number of hydrogen-bond acceptors (Lipinski definition) is 2. The van der Waals surface area contributed by atoms with E-state index in [9.17, 15) is 22.0 Å². The molecule has 0 radical (unpaired) electrons. The SMILES string of the molecule is CC(C)CC(COCCCCCCCCCCCCCCCCC(F)(F)C(F)(F)F)OCc1ccccc1. The lowest BCUT2D eigenvalue weighted by Crippen LogP contribution is -2.36. The van der Waals surface area contributed by atoms with Crippen molar-refractivity contribution < 1.29 is 31.4 Å². The summed E-state index contributed by atoms with van der Waals surface area (Å²) in [6, 6.07) is 10.2. The summed E-state index contributed by atoms with van der Waals surface area (Å²) in [7, 11) is 0. The van der Waals surface area contributed by atoms with Gasteiger partial charge in [-0.25, -0.2) is 0 Å². The van der Waals surface area contributed by atoms with Crippen LogP contribution < -0.4 is 0 Å². The standard InChI is InChI=1S/C31H51F5O2/c1-27(2)24-29(38-25-28-20-16-15-17-21-28)26-37-23-19-14-12-10-8-6-4-3-5-7-9-11-13-18-22-30(32,33)31(34,35)36/h15-17,20-21,27,29H,3-14,18-19,22-26H2,1-2H3. The van der Waals surface area contributed by atoms with Gasteiger partial charge in [-0.3, -0.25) is 0 Å². The maximum Gasteiger partial charge on any atom is 0.453 e. The molecule has 222 valence electrons. The second-order valence-electron chi connectivity index (χ2n) is 11.0. The van der Waals surface area contributed by atoms with E-state index in [1.165, 1.54) is 50.5 Å². The number of halogens is 5. The van der Waals surface area contributed by atoms with E-state index in [0.717, 1.165) is 45.1 Å². The van der Waals surface area contributed by atoms with Crippen LogP contribution in [0.25, 0.3) is 0 Å². The number of unbranched alkanes of at least 4 members (excludes halogenated alkanes) is 13. The van der Waals surface area contributed by atoms with Gasteiger partial charge >= 0.3 is 12.1 Å². The molecular weight excluding hydrogens is 499 g/mol. The van der Waals surface area contributed by atoms with Gasteiger partial charge in [0.15, 0.2) is 0 Å². The van der Waals surface area contributed by atoms with Crippen molar-refractivity contribution >= 4 is 0 Å². The molecule has 2 nitrogen and oxygen atoms in total. The van der Waals surface area contributed by atoms with Crippen LogP contribution in [-0.4, -0.2) is 31.4 Å². The van der Waals surface area contributed by atoms with E-state index in [2.05, 4.69) is 26.0 Å². The molecule has 1 aromatic rings. The van der Waals surface area contributed by atoms with Crippen molar-refractivity contribution in [1.29, 1.82) is 0 Å². The molecule has 0 spiro atoms. The molecular formula is C31H51F5O2. The minimum Gasteiger partial charge on any atom is -0.379 e. The summed E-state index contributed by atoms with van der Waals surface area (Å²) >= 11 is 0. The highest BCUT2D eigenvalue weighted by atomic mass is 19.4. The molecule has 0 saturated carbocycles. The first-order valence-electron chi connectivity index (χ1n) is 14.8. The third-order valence-electron chi connectivity index (χ3n) is 6.81. The van der Waals surface area contributed by atoms with E-state index in [-0.39, 0.29) is 12.5 Å². The van der Waals surface area contributed by atoms with Gasteiger partial charge in [0.2, 0.25) is 0 Å². The summed E-state index contributed by atoms with van der Waals surface area (Å²) in [5.74, 6) is -3.97. The molecule has 0 aliphatic rings. The second-order valence-corrected chi connectivity index (χ2v) is 11.0. The first kappa shape index (κ1) is 34.8. The Morgan fingerprint density at radius 1 is 0.658 bits per heavy atom. The highest BCUT2D eigenvalue weighted by Crippen LogP contribution is 2.39. The normalized spacial score (nSPS) is 13.4. The fourth-order valence-corrected chi connectivity index (χ4v) is 4.53. The summed E-state index contributed by atoms with van der Waals surface area (Å²) in [5, 5.41) is 0. The van der Waals surface area contributed by atoms with Crippen LogP contribution in [0, 0.1) is 5.92 Å². The van der Waals surface area contributed by atoms with Gasteiger partial charge in [-0.1, -0.05) is 121 Å². The Balaban J connectivity index is 1.88. The molecule has 1 aromatic carbocycles. The van der Waals surface area contributed by atoms with Crippen molar-refractivity contribution in [2.45, 2.75) is 141 Å². The summed E-state index contributed by atoms with van der Waals surface area (Å²) in [4.78, 5) is 0. The maximum absolute atomic E-state index is 12.8. The molecule has 0 amide bonds. The molecule has 0 aliphatic heterocycles. The lowest BCUT2D eigenvalue weighted by atomic mass is 10.0. The molecule has 7 heteroatoms. The van der Waals surface area contributed by atoms with E-state index in [0.29, 0.717) is 25.6 Å². The van der Waals surface area contributed by atoms with Crippen LogP contribution in [0.5, 0.6) is 0 Å². The van der Waals surface area contributed by atoms with Crippen LogP contribution in [-0.2, 0) is 16.1 Å². The van der Waals surface area contributed by atoms with E-state index in [1.54, 1.807) is 0 Å². The third kappa shape index (κ3) is 18.1. The van der Waals surface area contributed by atoms with Gasteiger partial charge in [0.05, 0.1) is 19.3 Å². The predicted molar refractivity (Wildman–Crippen MR) is 146 cm³/mol. The Hall–Kier alpha value is -1.21. The zero-order valence-electron chi connectivity index (χ0n) is 23.7. The summed E-state index contributed by atoms with van der Waals surface area (Å²) < 4.78 is 74.0. The minimum atomic E-state index is -5.42. The second kappa shape index (κ2) is 20.7. The van der Waals surface area contributed by atoms with Gasteiger partial charge in [0.25, 0.3) is 0 Å². The van der Waals surface area contributed by atoms with Crippen molar-refractivity contribution in [2.24, 2.45) is 5.92 Å². The fourth-order valence-electron chi connectivity index (χ4n) is 4.53. The van der Waals surface area contributed by atoms with E-state index < -0.39 is 18.5 Å². The highest BCUT2D eigenvalue weighted by Gasteiger charge is 2.56. The Morgan fingerprint density at radius 3 is 1.61 bits per heavy atom. The average Bonchev–Trinajstić information content (AvgIpc) is 2.86. The van der Waals surface area contributed by atoms with E-state index in [4.69, 9.17) is 9.47 Å². The van der Waals surface area contributed by atoms with E-state index in [1.807, 2.05) is 18.2 Å². The molecule has 38 heavy (non-hydrogen) atoms. The molecule has 0 aliphatic carbocycles. The maximum atomic E-state index is 12.8. The number of alkyl halides is 5. The van der Waals surface area contributed by atoms with Crippen LogP contribution in [0.3, 0.4) is 0 Å². The number of hydrogen-bond donors (Lipinski definition) is 0. The molecule has 0 saturated heterocycles. The summed E-state index contributed by atoms with van der Waals surface area (Å²) in [5.41, 5.74) is 1.19. The molecule has 0 fully saturated rings. The zero-order chi connectivity index (χ0) is 28.1. The smallest absolute Gasteiger partial charge is 0.379 e. The molecule has 0 aromatic heterocycles. The minimum absolute atomic E-state index is 0.0690. The lowest BCUT2D eigenvalue weighted by molar-refractivity contribution is -0.284. The monoisotopic (exact) mass is 550 g/mol. The van der Waals surface area contributed by atoms with Gasteiger partial charge < -0.3 is 9.47 Å². The van der Waals surface area contributed by atoms with Crippen molar-refractivity contribution in [3.05, 3.63) is 35.9 Å². The number of rotatable bonds is 24. The van der Waals surface area contributed by atoms with Crippen molar-refractivity contribution in [2.75, 3.05) is 13.2 Å². The van der Waals surface area contributed by atoms with Crippen LogP contribution in [0.15, 0.2) is 30.3 Å². The molecule has 0 heterocycles. The predicted octanol–water partition coefficient (Wildman–Crippen LogP) is 10.7. The van der Waals surface area contributed by atoms with Gasteiger partial charge in [-0.05, 0) is 30.7 Å². The average molecular weight is 551 g/mol. The molecule has 1 atom stereocenters. The van der Waals surface area contributed by atoms with Crippen LogP contribution in [0.1, 0.15) is 122 Å². The quantitative estimate of drug-likeness (QED) is 0.0941. The van der Waals surface area contributed by atoms with Crippen molar-refractivity contribution in [1.82, 2.24) is 0 Å². The molecule has 0 N–H and O–H groups in total. The van der Waals surface area contributed by atoms with Gasteiger partial charge in [-0.15, -0.1) is 0 Å². The lowest BCUT2D eigenvalue weighted by Gasteiger charge is -2.20. The number of benzene rings is 1. The summed E-state index contributed by atoms with van der Waals surface area (Å²) in [6.07, 6.45) is 8.40. The zero-order valence-corrected chi connectivity index (χ0v) is 23.7. The topological polar surface area (TPSA) is 18.5 Å². The van der Waals surface area contributed by atoms with Gasteiger partial charge in [-0.2, -0.15) is 22.0 Å². The Bertz CT molecular complexity index is 664. The van der Waals surface area contributed by atoms with Crippen LogP contribution >= 0.6 is 0 Å². The third-order valence-corrected chi connectivity index (χ3v) is 6.81. The highest BCUT2D eigenvalue weighted by molar-refractivity contribution is 5.13. The van der Waals surface area contributed by atoms with Gasteiger partial charge in [0.1, 0.15) is 0 Å². The number of ether oxygens (including phenoxy) is 2. The first-order chi connectivity index (χ1) is 18.1. The van der Waals surface area contributed by atoms with Crippen molar-refractivity contribution in [3.8, 4) is 0 Å². The summed E-state index contributed by atoms with van der Waals surface area (Å²) in [6.45, 7) is 6.48. The van der Waals surface area contributed by atoms with Crippen molar-refractivity contribution in [3.63, 3.8) is 0 Å². The van der Waals surface area contributed by atoms with Crippen LogP contribution in [0.4, 0.5) is 22.0 Å². The molecule has 1 unspecified atom stereocenters. The Kier molecular flexibility index (Phi) is 18.9. The Morgan fingerprint density at radius 2 is 1.13 bits per heavy atom. The molecule has 0 bridgehead atoms.